The smallest absolute Gasteiger partial charge is 0.339 e. The Morgan fingerprint density at radius 3 is 2.76 bits per heavy atom. The second-order valence-corrected chi connectivity index (χ2v) is 5.68. The third kappa shape index (κ3) is 2.73. The van der Waals surface area contributed by atoms with Gasteiger partial charge in [0.05, 0.1) is 17.7 Å². The van der Waals surface area contributed by atoms with Crippen molar-refractivity contribution in [3.8, 4) is 0 Å². The Hall–Kier alpha value is -2.40. The number of aromatic amines is 1. The molecule has 106 valence electrons. The minimum atomic E-state index is -0.424. The van der Waals surface area contributed by atoms with Crippen LogP contribution in [0.15, 0.2) is 58.5 Å². The van der Waals surface area contributed by atoms with Crippen LogP contribution in [0.5, 0.6) is 0 Å². The number of ether oxygens (including phenoxy) is 1. The monoisotopic (exact) mass is 298 g/mol. The number of para-hydroxylation sites is 1. The van der Waals surface area contributed by atoms with Crippen LogP contribution >= 0.6 is 11.8 Å². The molecule has 0 saturated carbocycles. The van der Waals surface area contributed by atoms with Gasteiger partial charge in [0.2, 0.25) is 0 Å². The fraction of sp³-hybridized carbons (Fsp3) is 0.0625. The number of benzene rings is 2. The van der Waals surface area contributed by atoms with Crippen LogP contribution in [0, 0.1) is 0 Å². The Balaban J connectivity index is 1.92. The average molecular weight is 298 g/mol. The van der Waals surface area contributed by atoms with E-state index in [1.165, 1.54) is 7.11 Å². The number of aromatic nitrogens is 1. The fourth-order valence-electron chi connectivity index (χ4n) is 2.11. The minimum absolute atomic E-state index is 0.388. The van der Waals surface area contributed by atoms with Gasteiger partial charge in [-0.05, 0) is 30.3 Å². The van der Waals surface area contributed by atoms with Crippen molar-refractivity contribution in [2.24, 2.45) is 0 Å². The summed E-state index contributed by atoms with van der Waals surface area (Å²) in [6, 6.07) is 15.5. The lowest BCUT2D eigenvalue weighted by atomic mass is 10.2. The van der Waals surface area contributed by atoms with Crippen LogP contribution in [0.2, 0.25) is 0 Å². The molecule has 0 atom stereocenters. The zero-order valence-electron chi connectivity index (χ0n) is 11.4. The van der Waals surface area contributed by atoms with Crippen LogP contribution in [0.1, 0.15) is 10.4 Å². The summed E-state index contributed by atoms with van der Waals surface area (Å²) in [6.07, 6.45) is 0. The largest absolute Gasteiger partial charge is 0.465 e. The summed E-state index contributed by atoms with van der Waals surface area (Å²) < 4.78 is 4.73. The number of carbonyl (C=O) groups excluding carboxylic acids is 1. The van der Waals surface area contributed by atoms with E-state index in [4.69, 9.17) is 10.5 Å². The predicted molar refractivity (Wildman–Crippen MR) is 84.6 cm³/mol. The van der Waals surface area contributed by atoms with Crippen molar-refractivity contribution < 1.29 is 9.53 Å². The predicted octanol–water partition coefficient (Wildman–Crippen LogP) is 3.69. The summed E-state index contributed by atoms with van der Waals surface area (Å²) in [7, 11) is 1.35. The summed E-state index contributed by atoms with van der Waals surface area (Å²) in [5, 5.41) is 2.17. The maximum absolute atomic E-state index is 11.7. The number of nitrogens with one attached hydrogen (secondary N) is 1. The number of hydrogen-bond acceptors (Lipinski definition) is 4. The summed E-state index contributed by atoms with van der Waals surface area (Å²) in [4.78, 5) is 15.9. The van der Waals surface area contributed by atoms with Crippen molar-refractivity contribution in [2.75, 3.05) is 12.8 Å². The van der Waals surface area contributed by atoms with Gasteiger partial charge in [0, 0.05) is 21.5 Å². The van der Waals surface area contributed by atoms with Crippen molar-refractivity contribution >= 4 is 34.3 Å². The number of fused-ring (bicyclic) bond motifs is 1. The lowest BCUT2D eigenvalue weighted by Crippen LogP contribution is -2.05. The number of H-pyrrole nitrogens is 1. The summed E-state index contributed by atoms with van der Waals surface area (Å²) in [5.41, 5.74) is 7.70. The van der Waals surface area contributed by atoms with Crippen molar-refractivity contribution in [3.63, 3.8) is 0 Å². The molecule has 0 saturated heterocycles. The third-order valence-electron chi connectivity index (χ3n) is 3.16. The van der Waals surface area contributed by atoms with E-state index in [0.29, 0.717) is 11.3 Å². The first-order chi connectivity index (χ1) is 10.2. The fourth-order valence-corrected chi connectivity index (χ4v) is 3.03. The van der Waals surface area contributed by atoms with E-state index in [2.05, 4.69) is 17.1 Å². The highest BCUT2D eigenvalue weighted by molar-refractivity contribution is 7.99. The van der Waals surface area contributed by atoms with E-state index >= 15 is 0 Å². The van der Waals surface area contributed by atoms with Crippen LogP contribution < -0.4 is 5.73 Å². The van der Waals surface area contributed by atoms with Gasteiger partial charge in [-0.3, -0.25) is 0 Å². The first kappa shape index (κ1) is 13.6. The standard InChI is InChI=1S/C16H14N2O2S/c1-20-16(19)12-9-11(6-7-13(12)17)21-15-8-10-4-2-3-5-14(10)18-15/h2-9,18H,17H2,1H3. The van der Waals surface area contributed by atoms with E-state index in [1.807, 2.05) is 24.3 Å². The van der Waals surface area contributed by atoms with Crippen molar-refractivity contribution in [3.05, 3.63) is 54.1 Å². The maximum Gasteiger partial charge on any atom is 0.339 e. The number of carbonyl (C=O) groups is 1. The number of hydrogen-bond donors (Lipinski definition) is 2. The first-order valence-corrected chi connectivity index (χ1v) is 7.22. The van der Waals surface area contributed by atoms with Gasteiger partial charge in [0.15, 0.2) is 0 Å². The molecule has 0 amide bonds. The number of anilines is 1. The van der Waals surface area contributed by atoms with Gasteiger partial charge in [-0.25, -0.2) is 4.79 Å². The molecule has 0 unspecified atom stereocenters. The van der Waals surface area contributed by atoms with Crippen LogP contribution in [-0.2, 0) is 4.74 Å². The molecule has 0 aliphatic carbocycles. The molecule has 0 spiro atoms. The van der Waals surface area contributed by atoms with Gasteiger partial charge in [0.25, 0.3) is 0 Å². The van der Waals surface area contributed by atoms with Gasteiger partial charge in [0.1, 0.15) is 0 Å². The molecule has 2 aromatic carbocycles. The SMILES string of the molecule is COC(=O)c1cc(Sc2cc3ccccc3[nH]2)ccc1N. The van der Waals surface area contributed by atoms with Crippen molar-refractivity contribution in [2.45, 2.75) is 9.92 Å². The normalized spacial score (nSPS) is 10.7. The van der Waals surface area contributed by atoms with Gasteiger partial charge < -0.3 is 15.5 Å². The lowest BCUT2D eigenvalue weighted by molar-refractivity contribution is 0.0601. The highest BCUT2D eigenvalue weighted by atomic mass is 32.2. The highest BCUT2D eigenvalue weighted by Gasteiger charge is 2.11. The second kappa shape index (κ2) is 5.54. The van der Waals surface area contributed by atoms with E-state index in [-0.39, 0.29) is 0 Å². The Labute approximate surface area is 126 Å². The summed E-state index contributed by atoms with van der Waals surface area (Å²) in [5.74, 6) is -0.424. The summed E-state index contributed by atoms with van der Waals surface area (Å²) in [6.45, 7) is 0. The minimum Gasteiger partial charge on any atom is -0.465 e. The van der Waals surface area contributed by atoms with E-state index in [1.54, 1.807) is 23.9 Å². The van der Waals surface area contributed by atoms with E-state index in [0.717, 1.165) is 20.8 Å². The Bertz CT molecular complexity index is 778. The quantitative estimate of drug-likeness (QED) is 0.571. The molecule has 3 N–H and O–H groups in total. The molecule has 5 heteroatoms. The number of nitrogens with two attached hydrogens (primary N) is 1. The molecule has 3 rings (SSSR count). The van der Waals surface area contributed by atoms with Crippen LogP contribution in [0.3, 0.4) is 0 Å². The van der Waals surface area contributed by atoms with Crippen molar-refractivity contribution in [1.82, 2.24) is 4.98 Å². The Kier molecular flexibility index (Phi) is 3.58. The van der Waals surface area contributed by atoms with E-state index in [9.17, 15) is 4.79 Å². The van der Waals surface area contributed by atoms with E-state index < -0.39 is 5.97 Å². The molecule has 0 bridgehead atoms. The van der Waals surface area contributed by atoms with Gasteiger partial charge >= 0.3 is 5.97 Å². The Morgan fingerprint density at radius 1 is 1.19 bits per heavy atom. The molecule has 0 aliphatic rings. The highest BCUT2D eigenvalue weighted by Crippen LogP contribution is 2.31. The zero-order chi connectivity index (χ0) is 14.8. The van der Waals surface area contributed by atoms with Crippen LogP contribution in [0.4, 0.5) is 5.69 Å². The topological polar surface area (TPSA) is 68.1 Å². The molecule has 1 heterocycles. The molecule has 4 nitrogen and oxygen atoms in total. The number of rotatable bonds is 3. The molecule has 1 aromatic heterocycles. The maximum atomic E-state index is 11.7. The molecule has 0 radical (unpaired) electrons. The van der Waals surface area contributed by atoms with Gasteiger partial charge in [-0.15, -0.1) is 0 Å². The van der Waals surface area contributed by atoms with Crippen LogP contribution in [-0.4, -0.2) is 18.1 Å². The lowest BCUT2D eigenvalue weighted by Gasteiger charge is -2.06. The molecule has 0 aliphatic heterocycles. The number of methoxy groups -OCH3 is 1. The molecular weight excluding hydrogens is 284 g/mol. The number of esters is 1. The zero-order valence-corrected chi connectivity index (χ0v) is 12.2. The molecule has 3 aromatic rings. The first-order valence-electron chi connectivity index (χ1n) is 6.41. The second-order valence-electron chi connectivity index (χ2n) is 4.56. The van der Waals surface area contributed by atoms with Gasteiger partial charge in [-0.1, -0.05) is 30.0 Å². The van der Waals surface area contributed by atoms with Crippen LogP contribution in [0.25, 0.3) is 10.9 Å². The van der Waals surface area contributed by atoms with Gasteiger partial charge in [-0.2, -0.15) is 0 Å². The molecule has 21 heavy (non-hydrogen) atoms. The molecular formula is C16H14N2O2S. The number of nitrogen functional groups attached to an aromatic ring is 1. The Morgan fingerprint density at radius 2 is 2.00 bits per heavy atom. The molecule has 0 fully saturated rings. The average Bonchev–Trinajstić information content (AvgIpc) is 2.90. The third-order valence-corrected chi connectivity index (χ3v) is 4.09. The summed E-state index contributed by atoms with van der Waals surface area (Å²) >= 11 is 1.55. The van der Waals surface area contributed by atoms with Crippen molar-refractivity contribution in [1.29, 1.82) is 0 Å².